The van der Waals surface area contributed by atoms with Crippen molar-refractivity contribution in [1.82, 2.24) is 0 Å². The summed E-state index contributed by atoms with van der Waals surface area (Å²) in [5, 5.41) is 11.8. The van der Waals surface area contributed by atoms with Crippen LogP contribution in [0.2, 0.25) is 0 Å². The second-order valence-corrected chi connectivity index (χ2v) is 3.55. The molecule has 0 spiro atoms. The van der Waals surface area contributed by atoms with Gasteiger partial charge in [0.05, 0.1) is 5.39 Å². The van der Waals surface area contributed by atoms with Crippen molar-refractivity contribution >= 4 is 16.3 Å². The van der Waals surface area contributed by atoms with Crippen molar-refractivity contribution in [3.63, 3.8) is 0 Å². The lowest BCUT2D eigenvalue weighted by Gasteiger charge is -1.99. The van der Waals surface area contributed by atoms with Crippen molar-refractivity contribution in [3.8, 4) is 5.75 Å². The minimum absolute atomic E-state index is 0.314. The molecule has 3 aromatic rings. The minimum atomic E-state index is 0.314. The van der Waals surface area contributed by atoms with E-state index in [9.17, 15) is 5.11 Å². The van der Waals surface area contributed by atoms with Gasteiger partial charge in [0, 0.05) is 17.5 Å². The molecule has 0 aliphatic rings. The second-order valence-electron chi connectivity index (χ2n) is 3.55. The van der Waals surface area contributed by atoms with E-state index in [0.717, 1.165) is 16.3 Å². The van der Waals surface area contributed by atoms with Gasteiger partial charge in [0.25, 0.3) is 0 Å². The number of rotatable bonds is 0. The van der Waals surface area contributed by atoms with E-state index < -0.39 is 0 Å². The van der Waals surface area contributed by atoms with Crippen molar-refractivity contribution < 1.29 is 9.51 Å². The van der Waals surface area contributed by atoms with Gasteiger partial charge in [0.2, 0.25) is 11.7 Å². The standard InChI is InChI=1S/C13H9NO/c15-13-9-14-8-4-3-7-12(14)10-5-1-2-6-11(10)13/h1-9H/p+1. The number of aromatic nitrogens is 1. The quantitative estimate of drug-likeness (QED) is 0.433. The molecule has 0 fully saturated rings. The van der Waals surface area contributed by atoms with Gasteiger partial charge in [-0.15, -0.1) is 0 Å². The maximum Gasteiger partial charge on any atom is 0.218 e. The first-order valence-electron chi connectivity index (χ1n) is 4.87. The molecule has 2 heterocycles. The van der Waals surface area contributed by atoms with Crippen LogP contribution in [0.3, 0.4) is 0 Å². The fourth-order valence-corrected chi connectivity index (χ4v) is 1.93. The Hall–Kier alpha value is -2.09. The third-order valence-corrected chi connectivity index (χ3v) is 2.63. The molecule has 0 bridgehead atoms. The molecule has 15 heavy (non-hydrogen) atoms. The summed E-state index contributed by atoms with van der Waals surface area (Å²) in [4.78, 5) is 0. The highest BCUT2D eigenvalue weighted by molar-refractivity contribution is 5.96. The Morgan fingerprint density at radius 2 is 1.60 bits per heavy atom. The summed E-state index contributed by atoms with van der Waals surface area (Å²) in [6, 6.07) is 13.8. The molecule has 0 atom stereocenters. The average molecular weight is 196 g/mol. The highest BCUT2D eigenvalue weighted by Gasteiger charge is 2.10. The van der Waals surface area contributed by atoms with Crippen LogP contribution in [-0.2, 0) is 0 Å². The monoisotopic (exact) mass is 196 g/mol. The fourth-order valence-electron chi connectivity index (χ4n) is 1.93. The van der Waals surface area contributed by atoms with E-state index in [1.807, 2.05) is 53.1 Å². The van der Waals surface area contributed by atoms with E-state index >= 15 is 0 Å². The van der Waals surface area contributed by atoms with E-state index in [-0.39, 0.29) is 0 Å². The number of pyridine rings is 2. The fraction of sp³-hybridized carbons (Fsp3) is 0. The van der Waals surface area contributed by atoms with Gasteiger partial charge in [-0.2, -0.15) is 4.40 Å². The van der Waals surface area contributed by atoms with Gasteiger partial charge in [-0.1, -0.05) is 18.2 Å². The van der Waals surface area contributed by atoms with Gasteiger partial charge in [0.1, 0.15) is 0 Å². The van der Waals surface area contributed by atoms with Gasteiger partial charge in [-0.05, 0) is 12.1 Å². The molecular formula is C13H10NO+. The highest BCUT2D eigenvalue weighted by atomic mass is 16.3. The van der Waals surface area contributed by atoms with E-state index in [2.05, 4.69) is 0 Å². The molecule has 0 saturated carbocycles. The molecule has 0 amide bonds. The van der Waals surface area contributed by atoms with Crippen LogP contribution in [0.15, 0.2) is 54.9 Å². The molecular weight excluding hydrogens is 186 g/mol. The number of fused-ring (bicyclic) bond motifs is 3. The molecule has 2 heteroatoms. The van der Waals surface area contributed by atoms with Crippen LogP contribution in [-0.4, -0.2) is 5.11 Å². The zero-order valence-electron chi connectivity index (χ0n) is 8.09. The van der Waals surface area contributed by atoms with E-state index in [1.165, 1.54) is 0 Å². The Bertz CT molecular complexity index is 646. The molecule has 3 rings (SSSR count). The summed E-state index contributed by atoms with van der Waals surface area (Å²) < 4.78 is 1.93. The van der Waals surface area contributed by atoms with E-state index in [4.69, 9.17) is 0 Å². The Morgan fingerprint density at radius 1 is 0.867 bits per heavy atom. The first-order chi connectivity index (χ1) is 7.36. The van der Waals surface area contributed by atoms with Crippen LogP contribution in [0, 0.1) is 0 Å². The van der Waals surface area contributed by atoms with Crippen LogP contribution < -0.4 is 4.40 Å². The van der Waals surface area contributed by atoms with Crippen molar-refractivity contribution in [1.29, 1.82) is 0 Å². The molecule has 0 radical (unpaired) electrons. The van der Waals surface area contributed by atoms with Gasteiger partial charge < -0.3 is 5.11 Å². The molecule has 0 aliphatic heterocycles. The molecule has 1 aromatic carbocycles. The largest absolute Gasteiger partial charge is 0.502 e. The normalized spacial score (nSPS) is 10.9. The van der Waals surface area contributed by atoms with E-state index in [1.54, 1.807) is 6.20 Å². The maximum absolute atomic E-state index is 9.85. The lowest BCUT2D eigenvalue weighted by molar-refractivity contribution is -0.511. The molecule has 2 aromatic heterocycles. The minimum Gasteiger partial charge on any atom is -0.502 e. The van der Waals surface area contributed by atoms with Crippen molar-refractivity contribution in [3.05, 3.63) is 54.9 Å². The summed E-state index contributed by atoms with van der Waals surface area (Å²) in [5.74, 6) is 0.314. The number of benzene rings is 1. The number of aromatic hydroxyl groups is 1. The predicted molar refractivity (Wildman–Crippen MR) is 58.8 cm³/mol. The van der Waals surface area contributed by atoms with Gasteiger partial charge in [-0.25, -0.2) is 0 Å². The van der Waals surface area contributed by atoms with Gasteiger partial charge in [0.15, 0.2) is 11.9 Å². The second kappa shape index (κ2) is 2.95. The molecule has 0 aliphatic carbocycles. The zero-order chi connectivity index (χ0) is 10.3. The lowest BCUT2D eigenvalue weighted by atomic mass is 10.1. The number of nitrogens with zero attached hydrogens (tertiary/aromatic N) is 1. The third kappa shape index (κ3) is 1.15. The zero-order valence-corrected chi connectivity index (χ0v) is 8.09. The SMILES string of the molecule is Oc1c[n+]2ccccc2c2ccccc12. The smallest absolute Gasteiger partial charge is 0.218 e. The average Bonchev–Trinajstić information content (AvgIpc) is 2.30. The van der Waals surface area contributed by atoms with Crippen LogP contribution in [0.4, 0.5) is 0 Å². The van der Waals surface area contributed by atoms with E-state index in [0.29, 0.717) is 5.75 Å². The highest BCUT2D eigenvalue weighted by Crippen LogP contribution is 2.24. The maximum atomic E-state index is 9.85. The summed E-state index contributed by atoms with van der Waals surface area (Å²) in [6.45, 7) is 0. The molecule has 72 valence electrons. The van der Waals surface area contributed by atoms with Crippen molar-refractivity contribution in [2.75, 3.05) is 0 Å². The Kier molecular flexibility index (Phi) is 1.62. The molecule has 0 unspecified atom stereocenters. The van der Waals surface area contributed by atoms with Crippen LogP contribution in [0.25, 0.3) is 16.3 Å². The number of hydrogen-bond acceptors (Lipinski definition) is 1. The summed E-state index contributed by atoms with van der Waals surface area (Å²) in [7, 11) is 0. The molecule has 2 nitrogen and oxygen atoms in total. The Morgan fingerprint density at radius 3 is 2.47 bits per heavy atom. The third-order valence-electron chi connectivity index (χ3n) is 2.63. The van der Waals surface area contributed by atoms with Crippen LogP contribution in [0.5, 0.6) is 5.75 Å². The molecule has 0 saturated heterocycles. The summed E-state index contributed by atoms with van der Waals surface area (Å²) in [5.41, 5.74) is 1.10. The first-order valence-corrected chi connectivity index (χ1v) is 4.87. The van der Waals surface area contributed by atoms with Crippen LogP contribution >= 0.6 is 0 Å². The first kappa shape index (κ1) is 8.24. The summed E-state index contributed by atoms with van der Waals surface area (Å²) >= 11 is 0. The van der Waals surface area contributed by atoms with Crippen molar-refractivity contribution in [2.24, 2.45) is 0 Å². The molecule has 1 N–H and O–H groups in total. The topological polar surface area (TPSA) is 24.3 Å². The number of hydrogen-bond donors (Lipinski definition) is 1. The Balaban J connectivity index is 2.64. The van der Waals surface area contributed by atoms with Gasteiger partial charge in [-0.3, -0.25) is 0 Å². The van der Waals surface area contributed by atoms with Crippen molar-refractivity contribution in [2.45, 2.75) is 0 Å². The van der Waals surface area contributed by atoms with Gasteiger partial charge >= 0.3 is 0 Å². The van der Waals surface area contributed by atoms with Crippen LogP contribution in [0.1, 0.15) is 0 Å². The Labute approximate surface area is 87.0 Å². The predicted octanol–water partition coefficient (Wildman–Crippen LogP) is 2.28. The summed E-state index contributed by atoms with van der Waals surface area (Å²) in [6.07, 6.45) is 3.67. The lowest BCUT2D eigenvalue weighted by Crippen LogP contribution is -2.19.